The second-order valence-electron chi connectivity index (χ2n) is 7.48. The number of nitrogens with zero attached hydrogens (tertiary/aromatic N) is 1. The molecule has 0 unspecified atom stereocenters. The molecule has 0 aromatic heterocycles. The monoisotopic (exact) mass is 457 g/mol. The normalized spacial score (nSPS) is 11.3. The van der Waals surface area contributed by atoms with Crippen LogP contribution in [-0.4, -0.2) is 10.1 Å². The van der Waals surface area contributed by atoms with E-state index in [-0.39, 0.29) is 11.2 Å². The summed E-state index contributed by atoms with van der Waals surface area (Å²) in [6.07, 6.45) is 0. The Morgan fingerprint density at radius 3 is 2.09 bits per heavy atom. The Morgan fingerprint density at radius 2 is 1.44 bits per heavy atom. The number of benzene rings is 4. The molecule has 4 nitrogen and oxygen atoms in total. The van der Waals surface area contributed by atoms with Gasteiger partial charge in [-0.25, -0.2) is 4.98 Å². The van der Waals surface area contributed by atoms with Crippen molar-refractivity contribution < 1.29 is 9.52 Å². The molecule has 0 saturated heterocycles. The van der Waals surface area contributed by atoms with Gasteiger partial charge in [-0.2, -0.15) is 0 Å². The molecule has 0 fully saturated rings. The van der Waals surface area contributed by atoms with E-state index in [0.29, 0.717) is 22.6 Å². The number of aromatic hydroxyl groups is 1. The average Bonchev–Trinajstić information content (AvgIpc) is 2.77. The minimum Gasteiger partial charge on any atom is -0.507 e. The first-order chi connectivity index (χ1) is 15.5. The first-order valence-corrected chi connectivity index (χ1v) is 11.7. The second-order valence-corrected chi connectivity index (χ2v) is 9.58. The van der Waals surface area contributed by atoms with Crippen molar-refractivity contribution in [2.45, 2.75) is 33.4 Å². The third-order valence-electron chi connectivity index (χ3n) is 5.15. The van der Waals surface area contributed by atoms with Crippen LogP contribution in [0.25, 0.3) is 22.6 Å². The molecule has 6 heteroatoms. The molecule has 1 heterocycles. The van der Waals surface area contributed by atoms with Crippen molar-refractivity contribution >= 4 is 34.6 Å². The van der Waals surface area contributed by atoms with E-state index in [1.165, 1.54) is 23.9 Å². The van der Waals surface area contributed by atoms with Crippen LogP contribution in [0.2, 0.25) is 0 Å². The van der Waals surface area contributed by atoms with Gasteiger partial charge in [-0.1, -0.05) is 59.9 Å². The van der Waals surface area contributed by atoms with Crippen molar-refractivity contribution in [3.05, 3.63) is 94.1 Å². The highest BCUT2D eigenvalue weighted by Crippen LogP contribution is 2.48. The van der Waals surface area contributed by atoms with E-state index < -0.39 is 0 Å². The number of hydrogen-bond donors (Lipinski definition) is 1. The largest absolute Gasteiger partial charge is 0.507 e. The molecule has 0 bridgehead atoms. The van der Waals surface area contributed by atoms with Gasteiger partial charge < -0.3 is 9.52 Å². The minimum absolute atomic E-state index is 0.116. The highest BCUT2D eigenvalue weighted by molar-refractivity contribution is 8.02. The first kappa shape index (κ1) is 20.7. The van der Waals surface area contributed by atoms with Gasteiger partial charge in [-0.05, 0) is 49.2 Å². The fourth-order valence-electron chi connectivity index (χ4n) is 3.44. The van der Waals surface area contributed by atoms with Crippen LogP contribution in [-0.2, 0) is 0 Å². The van der Waals surface area contributed by atoms with Crippen molar-refractivity contribution in [1.29, 1.82) is 0 Å². The summed E-state index contributed by atoms with van der Waals surface area (Å²) in [6, 6.07) is 22.4. The standard InChI is InChI=1S/C26H19NO3S2/c1-15-7-3-5-9-22(15)31-25-19(29)14-21-24(26(25)32-23-10-6-4-8-16(23)2)27-18-12-11-17(28)13-20(18)30-21/h3-14,29H,1-2H3. The van der Waals surface area contributed by atoms with E-state index in [1.807, 2.05) is 30.3 Å². The molecule has 3 aromatic carbocycles. The van der Waals surface area contributed by atoms with Crippen LogP contribution in [0.15, 0.2) is 102 Å². The lowest BCUT2D eigenvalue weighted by Crippen LogP contribution is -2.00. The molecule has 0 saturated carbocycles. The zero-order valence-electron chi connectivity index (χ0n) is 17.5. The van der Waals surface area contributed by atoms with Gasteiger partial charge in [0, 0.05) is 21.9 Å². The summed E-state index contributed by atoms with van der Waals surface area (Å²) in [5.41, 5.74) is 3.80. The predicted molar refractivity (Wildman–Crippen MR) is 129 cm³/mol. The third kappa shape index (κ3) is 3.87. The lowest BCUT2D eigenvalue weighted by molar-refractivity contribution is 0.458. The molecule has 1 aliphatic heterocycles. The van der Waals surface area contributed by atoms with Crippen molar-refractivity contribution in [3.8, 4) is 17.2 Å². The van der Waals surface area contributed by atoms with Crippen LogP contribution in [0.3, 0.4) is 0 Å². The smallest absolute Gasteiger partial charge is 0.182 e. The molecule has 0 amide bonds. The summed E-state index contributed by atoms with van der Waals surface area (Å²) in [5.74, 6) is 0.514. The quantitative estimate of drug-likeness (QED) is 0.296. The molecule has 0 spiro atoms. The number of phenols is 1. The number of aryl methyl sites for hydroxylation is 2. The fourth-order valence-corrected chi connectivity index (χ4v) is 5.67. The summed E-state index contributed by atoms with van der Waals surface area (Å²) in [5, 5.41) is 11.0. The maximum absolute atomic E-state index is 11.8. The maximum Gasteiger partial charge on any atom is 0.182 e. The molecular formula is C26H19NO3S2. The van der Waals surface area contributed by atoms with E-state index in [4.69, 9.17) is 9.40 Å². The van der Waals surface area contributed by atoms with Gasteiger partial charge in [0.2, 0.25) is 0 Å². The van der Waals surface area contributed by atoms with Gasteiger partial charge in [0.05, 0.1) is 9.79 Å². The summed E-state index contributed by atoms with van der Waals surface area (Å²) in [6.45, 7) is 4.11. The highest BCUT2D eigenvalue weighted by atomic mass is 32.2. The summed E-state index contributed by atoms with van der Waals surface area (Å²) in [7, 11) is 0. The van der Waals surface area contributed by atoms with E-state index in [1.54, 1.807) is 23.9 Å². The lowest BCUT2D eigenvalue weighted by Gasteiger charge is -2.16. The van der Waals surface area contributed by atoms with E-state index in [2.05, 4.69) is 32.0 Å². The van der Waals surface area contributed by atoms with Gasteiger partial charge in [0.25, 0.3) is 0 Å². The molecule has 32 heavy (non-hydrogen) atoms. The van der Waals surface area contributed by atoms with E-state index >= 15 is 0 Å². The molecule has 5 rings (SSSR count). The first-order valence-electron chi connectivity index (χ1n) is 10.1. The molecule has 1 N–H and O–H groups in total. The van der Waals surface area contributed by atoms with Gasteiger partial charge in [0.15, 0.2) is 16.8 Å². The molecule has 2 aliphatic rings. The van der Waals surface area contributed by atoms with Gasteiger partial charge in [-0.15, -0.1) is 0 Å². The zero-order valence-corrected chi connectivity index (χ0v) is 19.1. The number of hydrogen-bond acceptors (Lipinski definition) is 6. The SMILES string of the molecule is Cc1ccccc1Sc1c(O)cc2oc3cc(=O)ccc-3nc2c1Sc1ccccc1C. The van der Waals surface area contributed by atoms with Gasteiger partial charge in [0.1, 0.15) is 17.0 Å². The summed E-state index contributed by atoms with van der Waals surface area (Å²) < 4.78 is 6.00. The molecule has 1 aliphatic carbocycles. The fraction of sp³-hybridized carbons (Fsp3) is 0.0769. The molecule has 3 aromatic rings. The topological polar surface area (TPSA) is 63.3 Å². The molecule has 0 radical (unpaired) electrons. The number of aromatic nitrogens is 1. The minimum atomic E-state index is -0.146. The average molecular weight is 458 g/mol. The lowest BCUT2D eigenvalue weighted by atomic mass is 10.2. The van der Waals surface area contributed by atoms with Gasteiger partial charge >= 0.3 is 0 Å². The number of rotatable bonds is 4. The Kier molecular flexibility index (Phi) is 5.41. The summed E-state index contributed by atoms with van der Waals surface area (Å²) >= 11 is 3.07. The Hall–Kier alpha value is -3.22. The van der Waals surface area contributed by atoms with Crippen molar-refractivity contribution in [2.24, 2.45) is 0 Å². The Balaban J connectivity index is 1.78. The predicted octanol–water partition coefficient (Wildman–Crippen LogP) is 6.92. The van der Waals surface area contributed by atoms with Crippen LogP contribution in [0.1, 0.15) is 11.1 Å². The van der Waals surface area contributed by atoms with E-state index in [9.17, 15) is 9.90 Å². The molecular weight excluding hydrogens is 438 g/mol. The highest BCUT2D eigenvalue weighted by Gasteiger charge is 2.21. The van der Waals surface area contributed by atoms with Crippen LogP contribution >= 0.6 is 23.5 Å². The van der Waals surface area contributed by atoms with Crippen molar-refractivity contribution in [1.82, 2.24) is 4.98 Å². The summed E-state index contributed by atoms with van der Waals surface area (Å²) in [4.78, 5) is 20.3. The third-order valence-corrected chi connectivity index (χ3v) is 7.85. The van der Waals surface area contributed by atoms with Crippen LogP contribution in [0, 0.1) is 13.8 Å². The van der Waals surface area contributed by atoms with Crippen LogP contribution in [0.5, 0.6) is 5.75 Å². The van der Waals surface area contributed by atoms with Gasteiger partial charge in [-0.3, -0.25) is 4.79 Å². The molecule has 158 valence electrons. The maximum atomic E-state index is 11.8. The number of fused-ring (bicyclic) bond motifs is 2. The Morgan fingerprint density at radius 1 is 0.812 bits per heavy atom. The van der Waals surface area contributed by atoms with Crippen molar-refractivity contribution in [3.63, 3.8) is 0 Å². The van der Waals surface area contributed by atoms with Crippen LogP contribution < -0.4 is 5.43 Å². The Bertz CT molecular complexity index is 1490. The second kappa shape index (κ2) is 8.37. The van der Waals surface area contributed by atoms with Crippen molar-refractivity contribution in [2.75, 3.05) is 0 Å². The molecule has 0 atom stereocenters. The zero-order chi connectivity index (χ0) is 22.2. The Labute approximate surface area is 193 Å². The number of phenolic OH excluding ortho intramolecular Hbond substituents is 1. The van der Waals surface area contributed by atoms with E-state index in [0.717, 1.165) is 30.7 Å². The van der Waals surface area contributed by atoms with Crippen LogP contribution in [0.4, 0.5) is 0 Å².